The van der Waals surface area contributed by atoms with Crippen LogP contribution in [0.1, 0.15) is 58.2 Å². The van der Waals surface area contributed by atoms with Crippen LogP contribution in [-0.4, -0.2) is 34.8 Å². The quantitative estimate of drug-likeness (QED) is 0.455. The molecule has 3 rings (SSSR count). The number of nitrogens with one attached hydrogen (secondary N) is 1. The molecule has 0 aliphatic rings. The molecular weight excluding hydrogens is 410 g/mol. The minimum Gasteiger partial charge on any atom is -0.457 e. The van der Waals surface area contributed by atoms with Crippen molar-refractivity contribution in [1.29, 1.82) is 0 Å². The van der Waals surface area contributed by atoms with Gasteiger partial charge >= 0.3 is 0 Å². The molecule has 33 heavy (non-hydrogen) atoms. The van der Waals surface area contributed by atoms with Crippen molar-refractivity contribution in [3.05, 3.63) is 83.9 Å². The molecule has 178 valence electrons. The lowest BCUT2D eigenvalue weighted by atomic mass is 9.87. The molecule has 5 heteroatoms. The molecular formula is C28H39N3O2. The average Bonchev–Trinajstić information content (AvgIpc) is 2.77. The van der Waals surface area contributed by atoms with Crippen LogP contribution in [0, 0.1) is 0 Å². The molecule has 2 aromatic carbocycles. The number of benzene rings is 2. The topological polar surface area (TPSA) is 67.3 Å². The third-order valence-corrected chi connectivity index (χ3v) is 5.17. The number of aromatic nitrogens is 2. The Morgan fingerprint density at radius 1 is 0.727 bits per heavy atom. The van der Waals surface area contributed by atoms with Crippen LogP contribution in [0.4, 0.5) is 0 Å². The van der Waals surface area contributed by atoms with Crippen molar-refractivity contribution in [2.75, 3.05) is 19.7 Å². The van der Waals surface area contributed by atoms with E-state index in [1.54, 1.807) is 12.4 Å². The molecule has 0 radical (unpaired) electrons. The van der Waals surface area contributed by atoms with Gasteiger partial charge in [-0.25, -0.2) is 9.97 Å². The molecule has 0 unspecified atom stereocenters. The van der Waals surface area contributed by atoms with Gasteiger partial charge in [-0.2, -0.15) is 0 Å². The van der Waals surface area contributed by atoms with Gasteiger partial charge in [0, 0.05) is 18.9 Å². The number of ether oxygens (including phenoxy) is 1. The van der Waals surface area contributed by atoms with Crippen molar-refractivity contribution in [2.24, 2.45) is 0 Å². The summed E-state index contributed by atoms with van der Waals surface area (Å²) in [6.07, 6.45) is 6.02. The first kappa shape index (κ1) is 26.5. The predicted octanol–water partition coefficient (Wildman–Crippen LogP) is 5.67. The zero-order valence-electron chi connectivity index (χ0n) is 20.9. The molecule has 0 aliphatic heterocycles. The number of hydrogen-bond acceptors (Lipinski definition) is 5. The minimum atomic E-state index is 0.173. The highest BCUT2D eigenvalue weighted by molar-refractivity contribution is 5.37. The van der Waals surface area contributed by atoms with Crippen molar-refractivity contribution in [2.45, 2.75) is 58.8 Å². The van der Waals surface area contributed by atoms with Gasteiger partial charge in [-0.15, -0.1) is 0 Å². The fourth-order valence-corrected chi connectivity index (χ4v) is 3.08. The average molecular weight is 450 g/mol. The standard InChI is InChI=1S/C20H26O.C8H13N3O/c1-19(2,3)15-7-11-17(12-8-15)21-18-13-9-16(10-14-18)20(4,5)6;12-4-3-9-2-1-8-5-10-7-11-6-8/h7-14H,1-6H3;5-7,9,12H,1-4H2. The van der Waals surface area contributed by atoms with Crippen molar-refractivity contribution < 1.29 is 9.84 Å². The molecule has 0 fully saturated rings. The normalized spacial score (nSPS) is 11.5. The molecule has 5 nitrogen and oxygen atoms in total. The van der Waals surface area contributed by atoms with E-state index in [-0.39, 0.29) is 17.4 Å². The summed E-state index contributed by atoms with van der Waals surface area (Å²) in [4.78, 5) is 7.79. The maximum absolute atomic E-state index is 8.48. The maximum Gasteiger partial charge on any atom is 0.127 e. The molecule has 3 aromatic rings. The summed E-state index contributed by atoms with van der Waals surface area (Å²) in [6.45, 7) is 15.0. The van der Waals surface area contributed by atoms with Gasteiger partial charge in [-0.1, -0.05) is 65.8 Å². The minimum absolute atomic E-state index is 0.173. The summed E-state index contributed by atoms with van der Waals surface area (Å²) in [5.41, 5.74) is 4.10. The summed E-state index contributed by atoms with van der Waals surface area (Å²) in [5.74, 6) is 1.76. The van der Waals surface area contributed by atoms with Crippen LogP contribution in [0.2, 0.25) is 0 Å². The highest BCUT2D eigenvalue weighted by Gasteiger charge is 2.14. The van der Waals surface area contributed by atoms with E-state index in [2.05, 4.69) is 81.1 Å². The molecule has 0 saturated heterocycles. The first-order valence-electron chi connectivity index (χ1n) is 11.5. The van der Waals surface area contributed by atoms with Gasteiger partial charge in [-0.3, -0.25) is 0 Å². The molecule has 0 atom stereocenters. The Bertz CT molecular complexity index is 871. The number of rotatable bonds is 7. The molecule has 1 aromatic heterocycles. The van der Waals surface area contributed by atoms with E-state index < -0.39 is 0 Å². The fourth-order valence-electron chi connectivity index (χ4n) is 3.08. The van der Waals surface area contributed by atoms with E-state index in [0.717, 1.165) is 30.0 Å². The summed E-state index contributed by atoms with van der Waals surface area (Å²) >= 11 is 0. The Hall–Kier alpha value is -2.76. The van der Waals surface area contributed by atoms with Gasteiger partial charge in [0.25, 0.3) is 0 Å². The van der Waals surface area contributed by atoms with Crippen LogP contribution < -0.4 is 10.1 Å². The zero-order chi connectivity index (χ0) is 24.3. The second kappa shape index (κ2) is 12.5. The SMILES string of the molecule is CC(C)(C)c1ccc(Oc2ccc(C(C)(C)C)cc2)cc1.OCCNCCc1cncnc1. The molecule has 0 bridgehead atoms. The van der Waals surface area contributed by atoms with E-state index in [0.29, 0.717) is 6.54 Å². The summed E-state index contributed by atoms with van der Waals surface area (Å²) in [5, 5.41) is 11.6. The molecule has 2 N–H and O–H groups in total. The van der Waals surface area contributed by atoms with Crippen molar-refractivity contribution >= 4 is 0 Å². The smallest absolute Gasteiger partial charge is 0.127 e. The number of aliphatic hydroxyl groups excluding tert-OH is 1. The number of aliphatic hydroxyl groups is 1. The van der Waals surface area contributed by atoms with E-state index in [9.17, 15) is 0 Å². The molecule has 0 aliphatic carbocycles. The Morgan fingerprint density at radius 3 is 1.58 bits per heavy atom. The second-order valence-corrected chi connectivity index (χ2v) is 10.1. The van der Waals surface area contributed by atoms with Gasteiger partial charge in [0.05, 0.1) is 6.61 Å². The molecule has 1 heterocycles. The van der Waals surface area contributed by atoms with Crippen molar-refractivity contribution in [3.63, 3.8) is 0 Å². The lowest BCUT2D eigenvalue weighted by Gasteiger charge is -2.20. The van der Waals surface area contributed by atoms with Gasteiger partial charge in [0.1, 0.15) is 17.8 Å². The van der Waals surface area contributed by atoms with E-state index in [4.69, 9.17) is 9.84 Å². The van der Waals surface area contributed by atoms with Crippen LogP contribution in [0.25, 0.3) is 0 Å². The predicted molar refractivity (Wildman–Crippen MR) is 136 cm³/mol. The van der Waals surface area contributed by atoms with E-state index in [1.165, 1.54) is 17.5 Å². The first-order valence-corrected chi connectivity index (χ1v) is 11.5. The maximum atomic E-state index is 8.48. The summed E-state index contributed by atoms with van der Waals surface area (Å²) < 4.78 is 5.91. The number of hydrogen-bond donors (Lipinski definition) is 2. The Kier molecular flexibility index (Phi) is 10.0. The lowest BCUT2D eigenvalue weighted by molar-refractivity contribution is 0.293. The third kappa shape index (κ3) is 9.72. The Morgan fingerprint density at radius 2 is 1.18 bits per heavy atom. The van der Waals surface area contributed by atoms with Gasteiger partial charge < -0.3 is 15.2 Å². The summed E-state index contributed by atoms with van der Waals surface area (Å²) in [7, 11) is 0. The highest BCUT2D eigenvalue weighted by atomic mass is 16.5. The largest absolute Gasteiger partial charge is 0.457 e. The van der Waals surface area contributed by atoms with Crippen LogP contribution >= 0.6 is 0 Å². The van der Waals surface area contributed by atoms with Crippen LogP contribution in [0.5, 0.6) is 11.5 Å². The Labute approximate surface area is 199 Å². The highest BCUT2D eigenvalue weighted by Crippen LogP contribution is 2.29. The van der Waals surface area contributed by atoms with Crippen LogP contribution in [-0.2, 0) is 17.3 Å². The van der Waals surface area contributed by atoms with Gasteiger partial charge in [0.2, 0.25) is 0 Å². The molecule has 0 spiro atoms. The Balaban J connectivity index is 0.000000273. The van der Waals surface area contributed by atoms with Crippen LogP contribution in [0.3, 0.4) is 0 Å². The lowest BCUT2D eigenvalue weighted by Crippen LogP contribution is -2.20. The van der Waals surface area contributed by atoms with E-state index >= 15 is 0 Å². The van der Waals surface area contributed by atoms with Crippen molar-refractivity contribution in [3.8, 4) is 11.5 Å². The third-order valence-electron chi connectivity index (χ3n) is 5.17. The van der Waals surface area contributed by atoms with Crippen LogP contribution in [0.15, 0.2) is 67.3 Å². The fraction of sp³-hybridized carbons (Fsp3) is 0.429. The van der Waals surface area contributed by atoms with Gasteiger partial charge in [-0.05, 0) is 64.8 Å². The molecule has 0 amide bonds. The summed E-state index contributed by atoms with van der Waals surface area (Å²) in [6, 6.07) is 16.7. The van der Waals surface area contributed by atoms with Crippen molar-refractivity contribution in [1.82, 2.24) is 15.3 Å². The number of nitrogens with zero attached hydrogens (tertiary/aromatic N) is 2. The zero-order valence-corrected chi connectivity index (χ0v) is 20.9. The first-order chi connectivity index (χ1) is 15.6. The second-order valence-electron chi connectivity index (χ2n) is 10.1. The van der Waals surface area contributed by atoms with E-state index in [1.807, 2.05) is 24.3 Å². The molecule has 0 saturated carbocycles. The van der Waals surface area contributed by atoms with Gasteiger partial charge in [0.15, 0.2) is 0 Å². The monoisotopic (exact) mass is 449 g/mol.